The van der Waals surface area contributed by atoms with E-state index in [1.165, 1.54) is 0 Å². The first-order chi connectivity index (χ1) is 14.6. The van der Waals surface area contributed by atoms with Gasteiger partial charge >= 0.3 is 0 Å². The number of rotatable bonds is 6. The van der Waals surface area contributed by atoms with Crippen molar-refractivity contribution in [1.29, 1.82) is 0 Å². The van der Waals surface area contributed by atoms with Crippen LogP contribution in [0.2, 0.25) is 0 Å². The summed E-state index contributed by atoms with van der Waals surface area (Å²) >= 11 is 0. The summed E-state index contributed by atoms with van der Waals surface area (Å²) in [6.07, 6.45) is 4.99. The number of carbonyl (C=O) groups is 3. The third-order valence-corrected chi connectivity index (χ3v) is 5.79. The quantitative estimate of drug-likeness (QED) is 0.593. The number of fused-ring (bicyclic) bond motifs is 1. The zero-order valence-corrected chi connectivity index (χ0v) is 16.8. The molecule has 0 bridgehead atoms. The Morgan fingerprint density at radius 1 is 0.967 bits per heavy atom. The Morgan fingerprint density at radius 2 is 1.53 bits per heavy atom. The van der Waals surface area contributed by atoms with E-state index < -0.39 is 6.04 Å². The molecule has 0 radical (unpaired) electrons. The average Bonchev–Trinajstić information content (AvgIpc) is 3.03. The van der Waals surface area contributed by atoms with Gasteiger partial charge in [0.15, 0.2) is 0 Å². The molecule has 3 amide bonds. The number of benzene rings is 2. The van der Waals surface area contributed by atoms with Gasteiger partial charge in [-0.25, -0.2) is 0 Å². The van der Waals surface area contributed by atoms with Crippen LogP contribution in [0.3, 0.4) is 0 Å². The van der Waals surface area contributed by atoms with E-state index in [4.69, 9.17) is 4.74 Å². The van der Waals surface area contributed by atoms with Crippen molar-refractivity contribution in [2.75, 3.05) is 13.7 Å². The number of hydrogen-bond acceptors (Lipinski definition) is 4. The number of nitrogens with one attached hydrogen (secondary N) is 1. The number of methoxy groups -OCH3 is 1. The van der Waals surface area contributed by atoms with Crippen LogP contribution in [0.15, 0.2) is 66.7 Å². The van der Waals surface area contributed by atoms with Gasteiger partial charge < -0.3 is 10.1 Å². The molecule has 1 fully saturated rings. The van der Waals surface area contributed by atoms with Gasteiger partial charge in [-0.2, -0.15) is 0 Å². The first kappa shape index (κ1) is 19.9. The van der Waals surface area contributed by atoms with Gasteiger partial charge in [-0.1, -0.05) is 54.6 Å². The summed E-state index contributed by atoms with van der Waals surface area (Å²) in [6.45, 7) is -0.260. The maximum Gasteiger partial charge on any atom is 0.240 e. The summed E-state index contributed by atoms with van der Waals surface area (Å²) in [6, 6.07) is 16.6. The number of hydrogen-bond donors (Lipinski definition) is 1. The van der Waals surface area contributed by atoms with E-state index in [1.54, 1.807) is 7.11 Å². The minimum absolute atomic E-state index is 0.245. The van der Waals surface area contributed by atoms with Crippen LogP contribution in [0.5, 0.6) is 5.75 Å². The maximum absolute atomic E-state index is 12.9. The molecule has 6 heteroatoms. The number of likely N-dealkylation sites (tertiary alicyclic amines) is 1. The van der Waals surface area contributed by atoms with E-state index in [0.29, 0.717) is 12.8 Å². The molecule has 0 aromatic heterocycles. The lowest BCUT2D eigenvalue weighted by Crippen LogP contribution is -2.42. The maximum atomic E-state index is 12.9. The molecule has 1 aliphatic heterocycles. The highest BCUT2D eigenvalue weighted by Crippen LogP contribution is 2.35. The number of amides is 3. The number of allylic oxidation sites excluding steroid dienone is 2. The van der Waals surface area contributed by atoms with Crippen LogP contribution in [-0.2, 0) is 14.4 Å². The second-order valence-corrected chi connectivity index (χ2v) is 7.60. The zero-order chi connectivity index (χ0) is 21.1. The highest BCUT2D eigenvalue weighted by molar-refractivity contribution is 6.07. The summed E-state index contributed by atoms with van der Waals surface area (Å²) in [5.74, 6) is -0.798. The van der Waals surface area contributed by atoms with Crippen LogP contribution in [0.1, 0.15) is 30.0 Å². The Hall–Kier alpha value is -3.41. The minimum atomic E-state index is -0.402. The lowest BCUT2D eigenvalue weighted by molar-refractivity contribution is -0.143. The van der Waals surface area contributed by atoms with E-state index in [1.807, 2.05) is 66.7 Å². The number of carbonyl (C=O) groups excluding carboxylic acids is 3. The van der Waals surface area contributed by atoms with Crippen LogP contribution in [0.25, 0.3) is 0 Å². The summed E-state index contributed by atoms with van der Waals surface area (Å²) in [5, 5.41) is 2.99. The third-order valence-electron chi connectivity index (χ3n) is 5.79. The van der Waals surface area contributed by atoms with Crippen molar-refractivity contribution in [1.82, 2.24) is 10.2 Å². The molecule has 1 aliphatic carbocycles. The molecule has 1 heterocycles. The molecule has 3 atom stereocenters. The Kier molecular flexibility index (Phi) is 5.65. The number of ether oxygens (including phenoxy) is 1. The summed E-state index contributed by atoms with van der Waals surface area (Å²) < 4.78 is 5.22. The first-order valence-corrected chi connectivity index (χ1v) is 10.1. The van der Waals surface area contributed by atoms with E-state index in [9.17, 15) is 14.4 Å². The van der Waals surface area contributed by atoms with Gasteiger partial charge in [0.2, 0.25) is 17.7 Å². The Balaban J connectivity index is 1.52. The van der Waals surface area contributed by atoms with Crippen molar-refractivity contribution < 1.29 is 19.1 Å². The van der Waals surface area contributed by atoms with E-state index in [-0.39, 0.29) is 36.1 Å². The predicted octanol–water partition coefficient (Wildman–Crippen LogP) is 2.85. The topological polar surface area (TPSA) is 75.7 Å². The van der Waals surface area contributed by atoms with Crippen molar-refractivity contribution in [2.45, 2.75) is 18.9 Å². The third kappa shape index (κ3) is 3.85. The highest BCUT2D eigenvalue weighted by atomic mass is 16.5. The molecule has 154 valence electrons. The molecule has 2 aliphatic rings. The summed E-state index contributed by atoms with van der Waals surface area (Å²) in [7, 11) is 1.60. The fourth-order valence-electron chi connectivity index (χ4n) is 4.18. The average molecular weight is 404 g/mol. The van der Waals surface area contributed by atoms with Crippen LogP contribution < -0.4 is 10.1 Å². The predicted molar refractivity (Wildman–Crippen MR) is 111 cm³/mol. The molecule has 6 nitrogen and oxygen atoms in total. The minimum Gasteiger partial charge on any atom is -0.497 e. The molecule has 0 unspecified atom stereocenters. The van der Waals surface area contributed by atoms with Crippen molar-refractivity contribution >= 4 is 17.7 Å². The van der Waals surface area contributed by atoms with Crippen LogP contribution in [0.4, 0.5) is 0 Å². The van der Waals surface area contributed by atoms with E-state index >= 15 is 0 Å². The largest absolute Gasteiger partial charge is 0.497 e. The van der Waals surface area contributed by atoms with Crippen molar-refractivity contribution in [2.24, 2.45) is 11.8 Å². The molecule has 1 saturated heterocycles. The molecule has 2 aromatic rings. The molecule has 0 saturated carbocycles. The molecule has 2 aromatic carbocycles. The SMILES string of the molecule is COc1ccc([C@@H](NC(=O)CN2C(=O)[C@H]3CC=CC[C@H]3C2=O)c2ccccc2)cc1. The first-order valence-electron chi connectivity index (χ1n) is 10.1. The van der Waals surface area contributed by atoms with E-state index in [2.05, 4.69) is 5.32 Å². The number of imide groups is 1. The van der Waals surface area contributed by atoms with Gasteiger partial charge in [-0.3, -0.25) is 19.3 Å². The monoisotopic (exact) mass is 404 g/mol. The smallest absolute Gasteiger partial charge is 0.240 e. The van der Waals surface area contributed by atoms with Crippen molar-refractivity contribution in [3.8, 4) is 5.75 Å². The highest BCUT2D eigenvalue weighted by Gasteiger charge is 2.47. The molecule has 30 heavy (non-hydrogen) atoms. The molecule has 1 N–H and O–H groups in total. The second kappa shape index (κ2) is 8.53. The molecular weight excluding hydrogens is 380 g/mol. The lowest BCUT2D eigenvalue weighted by Gasteiger charge is -2.22. The van der Waals surface area contributed by atoms with Gasteiger partial charge in [-0.15, -0.1) is 0 Å². The summed E-state index contributed by atoms with van der Waals surface area (Å²) in [4.78, 5) is 39.3. The second-order valence-electron chi connectivity index (χ2n) is 7.60. The zero-order valence-electron chi connectivity index (χ0n) is 16.8. The fourth-order valence-corrected chi connectivity index (χ4v) is 4.18. The normalized spacial score (nSPS) is 21.3. The Bertz CT molecular complexity index is 942. The lowest BCUT2D eigenvalue weighted by atomic mass is 9.85. The Morgan fingerprint density at radius 3 is 2.10 bits per heavy atom. The van der Waals surface area contributed by atoms with Gasteiger partial charge in [0.1, 0.15) is 12.3 Å². The van der Waals surface area contributed by atoms with Gasteiger partial charge in [-0.05, 0) is 36.1 Å². The van der Waals surface area contributed by atoms with Crippen LogP contribution >= 0.6 is 0 Å². The molecular formula is C24H24N2O4. The molecule has 0 spiro atoms. The van der Waals surface area contributed by atoms with E-state index in [0.717, 1.165) is 21.8 Å². The Labute approximate surface area is 175 Å². The van der Waals surface area contributed by atoms with Crippen molar-refractivity contribution in [3.05, 3.63) is 77.9 Å². The fraction of sp³-hybridized carbons (Fsp3) is 0.292. The van der Waals surface area contributed by atoms with Crippen LogP contribution in [0, 0.1) is 11.8 Å². The molecule has 4 rings (SSSR count). The summed E-state index contributed by atoms with van der Waals surface area (Å²) in [5.41, 5.74) is 1.79. The van der Waals surface area contributed by atoms with Gasteiger partial charge in [0.05, 0.1) is 25.0 Å². The number of nitrogens with zero attached hydrogens (tertiary/aromatic N) is 1. The van der Waals surface area contributed by atoms with Crippen molar-refractivity contribution in [3.63, 3.8) is 0 Å². The van der Waals surface area contributed by atoms with Gasteiger partial charge in [0, 0.05) is 0 Å². The van der Waals surface area contributed by atoms with Crippen LogP contribution in [-0.4, -0.2) is 36.3 Å². The van der Waals surface area contributed by atoms with Gasteiger partial charge in [0.25, 0.3) is 0 Å². The standard InChI is InChI=1S/C24H24N2O4/c1-30-18-13-11-17(12-14-18)22(16-7-3-2-4-8-16)25-21(27)15-26-23(28)19-9-5-6-10-20(19)24(26)29/h2-8,11-14,19-20,22H,9-10,15H2,1H3,(H,25,27)/t19-,20+,22-/m0/s1.